The summed E-state index contributed by atoms with van der Waals surface area (Å²) in [5.41, 5.74) is 1.54. The molecule has 1 aliphatic rings. The van der Waals surface area contributed by atoms with E-state index in [1.54, 1.807) is 35.7 Å². The molecule has 0 aliphatic carbocycles. The second kappa shape index (κ2) is 8.05. The van der Waals surface area contributed by atoms with Crippen molar-refractivity contribution in [2.45, 2.75) is 5.75 Å². The van der Waals surface area contributed by atoms with E-state index in [2.05, 4.69) is 10.3 Å². The summed E-state index contributed by atoms with van der Waals surface area (Å²) in [5, 5.41) is 2.89. The van der Waals surface area contributed by atoms with Gasteiger partial charge in [-0.15, -0.1) is 0 Å². The molecule has 7 heteroatoms. The minimum atomic E-state index is -0.556. The standard InChI is InChI=1S/C17H14ClFN2OS2/c18-12-5-6-15(14(19)9-12)21-16(22)13-4-2-1-3-11(13)10-24-17-20-7-8-23-17/h1-6,9H,7-8,10H2,(H,21,22). The molecule has 0 aromatic heterocycles. The predicted molar refractivity (Wildman–Crippen MR) is 102 cm³/mol. The van der Waals surface area contributed by atoms with E-state index in [-0.39, 0.29) is 16.6 Å². The Labute approximate surface area is 153 Å². The number of benzene rings is 2. The molecular formula is C17H14ClFN2OS2. The van der Waals surface area contributed by atoms with Gasteiger partial charge in [-0.2, -0.15) is 0 Å². The highest BCUT2D eigenvalue weighted by Gasteiger charge is 2.15. The average Bonchev–Trinajstić information content (AvgIpc) is 3.09. The molecule has 24 heavy (non-hydrogen) atoms. The van der Waals surface area contributed by atoms with E-state index in [9.17, 15) is 9.18 Å². The Kier molecular flexibility index (Phi) is 5.81. The highest BCUT2D eigenvalue weighted by atomic mass is 35.5. The molecule has 0 radical (unpaired) electrons. The number of carbonyl (C=O) groups excluding carboxylic acids is 1. The summed E-state index contributed by atoms with van der Waals surface area (Å²) in [6.07, 6.45) is 0. The number of nitrogens with one attached hydrogen (secondary N) is 1. The van der Waals surface area contributed by atoms with Crippen molar-refractivity contribution < 1.29 is 9.18 Å². The normalized spacial score (nSPS) is 13.7. The third-order valence-electron chi connectivity index (χ3n) is 3.35. The summed E-state index contributed by atoms with van der Waals surface area (Å²) in [6.45, 7) is 0.852. The SMILES string of the molecule is O=C(Nc1ccc(Cl)cc1F)c1ccccc1CSC1=NCCS1. The second-order valence-corrected chi connectivity index (χ2v) is 7.76. The first-order chi connectivity index (χ1) is 11.6. The molecule has 124 valence electrons. The van der Waals surface area contributed by atoms with E-state index in [4.69, 9.17) is 11.6 Å². The number of aliphatic imine (C=N–C) groups is 1. The van der Waals surface area contributed by atoms with Gasteiger partial charge >= 0.3 is 0 Å². The molecule has 3 nitrogen and oxygen atoms in total. The maximum absolute atomic E-state index is 13.9. The fourth-order valence-electron chi connectivity index (χ4n) is 2.19. The molecule has 1 heterocycles. The third kappa shape index (κ3) is 4.32. The number of amides is 1. The van der Waals surface area contributed by atoms with Gasteiger partial charge in [0, 0.05) is 22.1 Å². The molecule has 0 saturated carbocycles. The van der Waals surface area contributed by atoms with Gasteiger partial charge < -0.3 is 5.32 Å². The van der Waals surface area contributed by atoms with Crippen LogP contribution in [0, 0.1) is 5.82 Å². The van der Waals surface area contributed by atoms with Crippen molar-refractivity contribution in [1.82, 2.24) is 0 Å². The van der Waals surface area contributed by atoms with Crippen LogP contribution in [0.15, 0.2) is 47.5 Å². The molecule has 0 atom stereocenters. The van der Waals surface area contributed by atoms with Crippen molar-refractivity contribution in [3.63, 3.8) is 0 Å². The Morgan fingerprint density at radius 1 is 1.33 bits per heavy atom. The molecular weight excluding hydrogens is 367 g/mol. The van der Waals surface area contributed by atoms with Crippen molar-refractivity contribution >= 4 is 51.1 Å². The van der Waals surface area contributed by atoms with Crippen LogP contribution < -0.4 is 5.32 Å². The highest BCUT2D eigenvalue weighted by molar-refractivity contribution is 8.38. The number of carbonyl (C=O) groups is 1. The Bertz CT molecular complexity index is 798. The molecule has 1 aliphatic heterocycles. The van der Waals surface area contributed by atoms with E-state index in [0.717, 1.165) is 22.2 Å². The molecule has 0 bridgehead atoms. The van der Waals surface area contributed by atoms with Crippen LogP contribution in [0.25, 0.3) is 0 Å². The molecule has 1 amide bonds. The van der Waals surface area contributed by atoms with Crippen LogP contribution in [-0.4, -0.2) is 22.6 Å². The van der Waals surface area contributed by atoms with Crippen LogP contribution in [0.4, 0.5) is 10.1 Å². The number of halogens is 2. The summed E-state index contributed by atoms with van der Waals surface area (Å²) in [5.74, 6) is 0.770. The quantitative estimate of drug-likeness (QED) is 0.805. The lowest BCUT2D eigenvalue weighted by Crippen LogP contribution is -2.15. The number of nitrogens with zero attached hydrogens (tertiary/aromatic N) is 1. The van der Waals surface area contributed by atoms with E-state index in [1.165, 1.54) is 18.2 Å². The molecule has 1 N–H and O–H groups in total. The molecule has 3 rings (SSSR count). The zero-order valence-electron chi connectivity index (χ0n) is 12.6. The van der Waals surface area contributed by atoms with Gasteiger partial charge in [-0.05, 0) is 29.8 Å². The van der Waals surface area contributed by atoms with Gasteiger partial charge in [-0.1, -0.05) is 53.3 Å². The Hall–Kier alpha value is -1.50. The first kappa shape index (κ1) is 17.3. The van der Waals surface area contributed by atoms with Crippen LogP contribution in [0.5, 0.6) is 0 Å². The Balaban J connectivity index is 1.74. The first-order valence-corrected chi connectivity index (χ1v) is 9.63. The largest absolute Gasteiger partial charge is 0.319 e. The van der Waals surface area contributed by atoms with Crippen LogP contribution in [0.3, 0.4) is 0 Å². The molecule has 0 saturated heterocycles. The molecule has 2 aromatic carbocycles. The van der Waals surface area contributed by atoms with E-state index >= 15 is 0 Å². The molecule has 0 unspecified atom stereocenters. The lowest BCUT2D eigenvalue weighted by atomic mass is 10.1. The first-order valence-electron chi connectivity index (χ1n) is 7.28. The van der Waals surface area contributed by atoms with Crippen LogP contribution >= 0.6 is 35.1 Å². The predicted octanol–water partition coefficient (Wildman–Crippen LogP) is 5.07. The summed E-state index contributed by atoms with van der Waals surface area (Å²) in [7, 11) is 0. The van der Waals surface area contributed by atoms with Crippen LogP contribution in [0.2, 0.25) is 5.02 Å². The van der Waals surface area contributed by atoms with Gasteiger partial charge in [0.15, 0.2) is 0 Å². The lowest BCUT2D eigenvalue weighted by molar-refractivity contribution is 0.102. The van der Waals surface area contributed by atoms with E-state index in [1.807, 2.05) is 12.1 Å². The smallest absolute Gasteiger partial charge is 0.256 e. The zero-order valence-corrected chi connectivity index (χ0v) is 15.0. The summed E-state index contributed by atoms with van der Waals surface area (Å²) in [4.78, 5) is 16.9. The zero-order chi connectivity index (χ0) is 16.9. The third-order valence-corrected chi connectivity index (χ3v) is 5.89. The van der Waals surface area contributed by atoms with Gasteiger partial charge in [-0.3, -0.25) is 9.79 Å². The van der Waals surface area contributed by atoms with Gasteiger partial charge in [0.25, 0.3) is 5.91 Å². The number of hydrogen-bond acceptors (Lipinski definition) is 4. The lowest BCUT2D eigenvalue weighted by Gasteiger charge is -2.11. The highest BCUT2D eigenvalue weighted by Crippen LogP contribution is 2.27. The van der Waals surface area contributed by atoms with Crippen molar-refractivity contribution in [2.24, 2.45) is 4.99 Å². The summed E-state index contributed by atoms with van der Waals surface area (Å²) < 4.78 is 14.9. The van der Waals surface area contributed by atoms with Gasteiger partial charge in [0.05, 0.1) is 12.2 Å². The molecule has 0 fully saturated rings. The monoisotopic (exact) mass is 380 g/mol. The number of thioether (sulfide) groups is 2. The number of rotatable bonds is 4. The van der Waals surface area contributed by atoms with Gasteiger partial charge in [0.2, 0.25) is 0 Å². The minimum Gasteiger partial charge on any atom is -0.319 e. The van der Waals surface area contributed by atoms with Crippen molar-refractivity contribution in [3.05, 3.63) is 64.4 Å². The topological polar surface area (TPSA) is 41.5 Å². The van der Waals surface area contributed by atoms with Crippen LogP contribution in [0.1, 0.15) is 15.9 Å². The summed E-state index contributed by atoms with van der Waals surface area (Å²) >= 11 is 9.08. The van der Waals surface area contributed by atoms with E-state index in [0.29, 0.717) is 11.3 Å². The average molecular weight is 381 g/mol. The van der Waals surface area contributed by atoms with E-state index < -0.39 is 5.82 Å². The van der Waals surface area contributed by atoms with Gasteiger partial charge in [-0.25, -0.2) is 4.39 Å². The fraction of sp³-hybridized carbons (Fsp3) is 0.176. The second-order valence-electron chi connectivity index (χ2n) is 5.02. The van der Waals surface area contributed by atoms with Crippen LogP contribution in [-0.2, 0) is 5.75 Å². The van der Waals surface area contributed by atoms with Crippen molar-refractivity contribution in [3.8, 4) is 0 Å². The Morgan fingerprint density at radius 2 is 2.17 bits per heavy atom. The molecule has 2 aromatic rings. The number of anilines is 1. The maximum Gasteiger partial charge on any atom is 0.256 e. The summed E-state index contributed by atoms with van der Waals surface area (Å²) in [6, 6.07) is 11.5. The fourth-order valence-corrected chi connectivity index (χ4v) is 4.36. The minimum absolute atomic E-state index is 0.113. The molecule has 0 spiro atoms. The number of hydrogen-bond donors (Lipinski definition) is 1. The van der Waals surface area contributed by atoms with Crippen molar-refractivity contribution in [1.29, 1.82) is 0 Å². The van der Waals surface area contributed by atoms with Crippen molar-refractivity contribution in [2.75, 3.05) is 17.6 Å². The van der Waals surface area contributed by atoms with Gasteiger partial charge in [0.1, 0.15) is 10.2 Å². The Morgan fingerprint density at radius 3 is 2.92 bits per heavy atom. The maximum atomic E-state index is 13.9.